The summed E-state index contributed by atoms with van der Waals surface area (Å²) < 4.78 is 1.82. The highest BCUT2D eigenvalue weighted by Gasteiger charge is 2.17. The summed E-state index contributed by atoms with van der Waals surface area (Å²) in [4.78, 5) is 15.5. The molecule has 2 aromatic heterocycles. The average Bonchev–Trinajstić information content (AvgIpc) is 2.70. The van der Waals surface area contributed by atoms with E-state index in [4.69, 9.17) is 5.73 Å². The van der Waals surface area contributed by atoms with Crippen LogP contribution in [0.3, 0.4) is 0 Å². The standard InChI is InChI=1S/C13H19N5O/c1-7-5-12-15-6-11(10(4)18(12)17-7)8(2)16-9(3)13(14)19/h5-6,8-9,16H,1-4H3,(H2,14,19). The molecule has 2 aromatic rings. The van der Waals surface area contributed by atoms with Crippen LogP contribution in [0.15, 0.2) is 12.3 Å². The Morgan fingerprint density at radius 1 is 1.42 bits per heavy atom. The molecule has 0 radical (unpaired) electrons. The summed E-state index contributed by atoms with van der Waals surface area (Å²) in [6, 6.07) is 1.52. The second-order valence-electron chi connectivity index (χ2n) is 4.87. The van der Waals surface area contributed by atoms with Crippen LogP contribution in [0.25, 0.3) is 5.65 Å². The number of aryl methyl sites for hydroxylation is 2. The highest BCUT2D eigenvalue weighted by Crippen LogP contribution is 2.18. The second kappa shape index (κ2) is 4.97. The van der Waals surface area contributed by atoms with Crippen LogP contribution >= 0.6 is 0 Å². The van der Waals surface area contributed by atoms with Crippen molar-refractivity contribution in [1.82, 2.24) is 19.9 Å². The second-order valence-corrected chi connectivity index (χ2v) is 4.87. The van der Waals surface area contributed by atoms with Crippen LogP contribution < -0.4 is 11.1 Å². The summed E-state index contributed by atoms with van der Waals surface area (Å²) >= 11 is 0. The zero-order valence-corrected chi connectivity index (χ0v) is 11.6. The molecule has 2 atom stereocenters. The molecule has 0 spiro atoms. The monoisotopic (exact) mass is 261 g/mol. The number of fused-ring (bicyclic) bond motifs is 1. The molecule has 0 saturated heterocycles. The molecular formula is C13H19N5O. The number of nitrogens with zero attached hydrogens (tertiary/aromatic N) is 3. The molecule has 0 fully saturated rings. The van der Waals surface area contributed by atoms with Crippen LogP contribution in [-0.4, -0.2) is 26.5 Å². The summed E-state index contributed by atoms with van der Waals surface area (Å²) in [7, 11) is 0. The molecule has 2 unspecified atom stereocenters. The van der Waals surface area contributed by atoms with Gasteiger partial charge in [0.05, 0.1) is 11.7 Å². The molecule has 102 valence electrons. The molecule has 0 bridgehead atoms. The van der Waals surface area contributed by atoms with Crippen LogP contribution in [0, 0.1) is 13.8 Å². The highest BCUT2D eigenvalue weighted by atomic mass is 16.1. The number of aromatic nitrogens is 3. The molecule has 2 heterocycles. The number of primary amides is 1. The van der Waals surface area contributed by atoms with Gasteiger partial charge in [0.15, 0.2) is 5.65 Å². The maximum absolute atomic E-state index is 11.1. The Hall–Kier alpha value is -1.95. The summed E-state index contributed by atoms with van der Waals surface area (Å²) in [5.41, 5.74) is 9.03. The van der Waals surface area contributed by atoms with Gasteiger partial charge in [-0.25, -0.2) is 9.50 Å². The van der Waals surface area contributed by atoms with Crippen LogP contribution in [0.4, 0.5) is 0 Å². The fourth-order valence-electron chi connectivity index (χ4n) is 2.15. The average molecular weight is 261 g/mol. The smallest absolute Gasteiger partial charge is 0.234 e. The van der Waals surface area contributed by atoms with E-state index in [0.29, 0.717) is 0 Å². The zero-order valence-electron chi connectivity index (χ0n) is 11.6. The Morgan fingerprint density at radius 2 is 2.11 bits per heavy atom. The zero-order chi connectivity index (χ0) is 14.2. The van der Waals surface area contributed by atoms with E-state index in [1.807, 2.05) is 37.5 Å². The summed E-state index contributed by atoms with van der Waals surface area (Å²) in [5, 5.41) is 7.56. The lowest BCUT2D eigenvalue weighted by Gasteiger charge is -2.19. The van der Waals surface area contributed by atoms with E-state index in [1.54, 1.807) is 6.92 Å². The number of nitrogens with one attached hydrogen (secondary N) is 1. The van der Waals surface area contributed by atoms with Gasteiger partial charge in [-0.2, -0.15) is 5.10 Å². The number of carbonyl (C=O) groups is 1. The Kier molecular flexibility index (Phi) is 3.53. The molecule has 0 aromatic carbocycles. The molecule has 6 nitrogen and oxygen atoms in total. The lowest BCUT2D eigenvalue weighted by molar-refractivity contribution is -0.119. The predicted molar refractivity (Wildman–Crippen MR) is 72.7 cm³/mol. The van der Waals surface area contributed by atoms with E-state index in [0.717, 1.165) is 22.6 Å². The Morgan fingerprint density at radius 3 is 2.74 bits per heavy atom. The first kappa shape index (κ1) is 13.5. The molecular weight excluding hydrogens is 242 g/mol. The first-order chi connectivity index (χ1) is 8.90. The van der Waals surface area contributed by atoms with Crippen LogP contribution in [0.2, 0.25) is 0 Å². The van der Waals surface area contributed by atoms with Crippen molar-refractivity contribution in [3.05, 3.63) is 29.2 Å². The molecule has 6 heteroatoms. The van der Waals surface area contributed by atoms with Crippen molar-refractivity contribution >= 4 is 11.6 Å². The van der Waals surface area contributed by atoms with Crippen molar-refractivity contribution in [1.29, 1.82) is 0 Å². The van der Waals surface area contributed by atoms with Crippen molar-refractivity contribution < 1.29 is 4.79 Å². The number of nitrogens with two attached hydrogens (primary N) is 1. The van der Waals surface area contributed by atoms with Gasteiger partial charge in [-0.3, -0.25) is 10.1 Å². The Balaban J connectivity index is 2.34. The van der Waals surface area contributed by atoms with Gasteiger partial charge < -0.3 is 5.73 Å². The first-order valence-electron chi connectivity index (χ1n) is 6.27. The van der Waals surface area contributed by atoms with Gasteiger partial charge in [-0.15, -0.1) is 0 Å². The number of rotatable bonds is 4. The SMILES string of the molecule is Cc1cc2ncc(C(C)NC(C)C(N)=O)c(C)n2n1. The first-order valence-corrected chi connectivity index (χ1v) is 6.27. The molecule has 2 rings (SSSR count). The van der Waals surface area contributed by atoms with Crippen LogP contribution in [0.1, 0.15) is 36.8 Å². The van der Waals surface area contributed by atoms with Gasteiger partial charge in [-0.05, 0) is 27.7 Å². The van der Waals surface area contributed by atoms with Crippen molar-refractivity contribution in [2.75, 3.05) is 0 Å². The summed E-state index contributed by atoms with van der Waals surface area (Å²) in [5.74, 6) is -0.367. The van der Waals surface area contributed by atoms with Crippen molar-refractivity contribution in [3.8, 4) is 0 Å². The molecule has 0 aliphatic rings. The topological polar surface area (TPSA) is 85.3 Å². The normalized spacial score (nSPS) is 14.5. The van der Waals surface area contributed by atoms with E-state index in [-0.39, 0.29) is 18.0 Å². The van der Waals surface area contributed by atoms with Gasteiger partial charge in [0.1, 0.15) is 0 Å². The predicted octanol–water partition coefficient (Wildman–Crippen LogP) is 0.871. The quantitative estimate of drug-likeness (QED) is 0.855. The Labute approximate surface area is 112 Å². The van der Waals surface area contributed by atoms with Crippen molar-refractivity contribution in [3.63, 3.8) is 0 Å². The lowest BCUT2D eigenvalue weighted by Crippen LogP contribution is -2.40. The fourth-order valence-corrected chi connectivity index (χ4v) is 2.15. The van der Waals surface area contributed by atoms with Gasteiger partial charge >= 0.3 is 0 Å². The lowest BCUT2D eigenvalue weighted by atomic mass is 10.1. The van der Waals surface area contributed by atoms with Crippen molar-refractivity contribution in [2.45, 2.75) is 39.8 Å². The maximum atomic E-state index is 11.1. The van der Waals surface area contributed by atoms with E-state index < -0.39 is 0 Å². The van der Waals surface area contributed by atoms with Gasteiger partial charge in [0.25, 0.3) is 0 Å². The minimum absolute atomic E-state index is 0.0242. The van der Waals surface area contributed by atoms with Gasteiger partial charge in [0.2, 0.25) is 5.91 Å². The third-order valence-corrected chi connectivity index (χ3v) is 3.28. The molecule has 0 aliphatic carbocycles. The number of carbonyl (C=O) groups excluding carboxylic acids is 1. The summed E-state index contributed by atoms with van der Waals surface area (Å²) in [6.07, 6.45) is 1.82. The van der Waals surface area contributed by atoms with Crippen molar-refractivity contribution in [2.24, 2.45) is 5.73 Å². The third kappa shape index (κ3) is 2.58. The molecule has 0 aliphatic heterocycles. The van der Waals surface area contributed by atoms with E-state index in [9.17, 15) is 4.79 Å². The largest absolute Gasteiger partial charge is 0.368 e. The molecule has 19 heavy (non-hydrogen) atoms. The number of amides is 1. The van der Waals surface area contributed by atoms with Crippen LogP contribution in [0.5, 0.6) is 0 Å². The molecule has 1 amide bonds. The van der Waals surface area contributed by atoms with E-state index >= 15 is 0 Å². The van der Waals surface area contributed by atoms with Gasteiger partial charge in [0, 0.05) is 29.6 Å². The number of hydrogen-bond donors (Lipinski definition) is 2. The van der Waals surface area contributed by atoms with Gasteiger partial charge in [-0.1, -0.05) is 0 Å². The van der Waals surface area contributed by atoms with E-state index in [1.165, 1.54) is 0 Å². The molecule has 0 saturated carbocycles. The minimum Gasteiger partial charge on any atom is -0.368 e. The number of hydrogen-bond acceptors (Lipinski definition) is 4. The minimum atomic E-state index is -0.385. The summed E-state index contributed by atoms with van der Waals surface area (Å²) in [6.45, 7) is 7.65. The Bertz CT molecular complexity index is 619. The fraction of sp³-hybridized carbons (Fsp3) is 0.462. The third-order valence-electron chi connectivity index (χ3n) is 3.28. The highest BCUT2D eigenvalue weighted by molar-refractivity contribution is 5.79. The van der Waals surface area contributed by atoms with Crippen LogP contribution in [-0.2, 0) is 4.79 Å². The molecule has 3 N–H and O–H groups in total. The van der Waals surface area contributed by atoms with E-state index in [2.05, 4.69) is 15.4 Å². The maximum Gasteiger partial charge on any atom is 0.234 e.